The number of amides is 1. The second kappa shape index (κ2) is 7.99. The van der Waals surface area contributed by atoms with Gasteiger partial charge in [0.2, 0.25) is 5.82 Å². The number of nitrogens with zero attached hydrogens (tertiary/aromatic N) is 3. The van der Waals surface area contributed by atoms with Crippen LogP contribution in [0.15, 0.2) is 0 Å². The summed E-state index contributed by atoms with van der Waals surface area (Å²) in [7, 11) is 1.64. The topological polar surface area (TPSA) is 71.1 Å². The Kier molecular flexibility index (Phi) is 6.64. The summed E-state index contributed by atoms with van der Waals surface area (Å²) in [6, 6.07) is 0.193. The van der Waals surface area contributed by atoms with E-state index < -0.39 is 0 Å². The molecule has 0 aliphatic carbocycles. The highest BCUT2D eigenvalue weighted by molar-refractivity contribution is 5.90. The van der Waals surface area contributed by atoms with Crippen molar-refractivity contribution in [2.24, 2.45) is 0 Å². The van der Waals surface area contributed by atoms with Crippen molar-refractivity contribution in [2.45, 2.75) is 52.5 Å². The zero-order valence-corrected chi connectivity index (χ0v) is 13.1. The first kappa shape index (κ1) is 16.6. The van der Waals surface area contributed by atoms with Gasteiger partial charge < -0.3 is 9.64 Å². The Bertz CT molecular complexity index is 413. The molecule has 1 rings (SSSR count). The molecular weight excluding hydrogens is 256 g/mol. The van der Waals surface area contributed by atoms with Crippen LogP contribution in [-0.2, 0) is 4.74 Å². The zero-order chi connectivity index (χ0) is 15.1. The van der Waals surface area contributed by atoms with Crippen LogP contribution < -0.4 is 0 Å². The highest BCUT2D eigenvalue weighted by Crippen LogP contribution is 2.13. The number of ether oxygens (including phenoxy) is 1. The molecule has 0 unspecified atom stereocenters. The Morgan fingerprint density at radius 2 is 2.00 bits per heavy atom. The number of nitrogens with one attached hydrogen (secondary N) is 1. The van der Waals surface area contributed by atoms with E-state index in [2.05, 4.69) is 29.0 Å². The first-order chi connectivity index (χ1) is 9.54. The molecule has 6 nitrogen and oxygen atoms in total. The van der Waals surface area contributed by atoms with E-state index in [0.29, 0.717) is 13.2 Å². The van der Waals surface area contributed by atoms with E-state index in [1.54, 1.807) is 7.11 Å². The van der Waals surface area contributed by atoms with E-state index in [4.69, 9.17) is 4.74 Å². The summed E-state index contributed by atoms with van der Waals surface area (Å²) in [6.45, 7) is 9.27. The molecule has 0 fully saturated rings. The molecule has 0 aliphatic heterocycles. The maximum absolute atomic E-state index is 12.6. The second-order valence-electron chi connectivity index (χ2n) is 5.16. The number of rotatable bonds is 8. The van der Waals surface area contributed by atoms with Gasteiger partial charge in [0.05, 0.1) is 6.61 Å². The van der Waals surface area contributed by atoms with E-state index in [-0.39, 0.29) is 23.7 Å². The summed E-state index contributed by atoms with van der Waals surface area (Å²) in [4.78, 5) is 18.7. The van der Waals surface area contributed by atoms with Crippen molar-refractivity contribution in [3.63, 3.8) is 0 Å². The smallest absolute Gasteiger partial charge is 0.293 e. The van der Waals surface area contributed by atoms with Gasteiger partial charge in [0.25, 0.3) is 5.91 Å². The lowest BCUT2D eigenvalue weighted by Crippen LogP contribution is -2.42. The third-order valence-electron chi connectivity index (χ3n) is 3.42. The van der Waals surface area contributed by atoms with Gasteiger partial charge in [-0.3, -0.25) is 9.89 Å². The van der Waals surface area contributed by atoms with Crippen LogP contribution in [-0.4, -0.2) is 52.3 Å². The predicted octanol–water partition coefficient (Wildman–Crippen LogP) is 2.21. The summed E-state index contributed by atoms with van der Waals surface area (Å²) in [6.07, 6.45) is 1.82. The number of carbonyl (C=O) groups is 1. The van der Waals surface area contributed by atoms with Gasteiger partial charge in [-0.1, -0.05) is 27.7 Å². The van der Waals surface area contributed by atoms with Crippen molar-refractivity contribution >= 4 is 5.91 Å². The minimum absolute atomic E-state index is 0.126. The lowest BCUT2D eigenvalue weighted by Gasteiger charge is -2.29. The Hall–Kier alpha value is -1.43. The highest BCUT2D eigenvalue weighted by Gasteiger charge is 2.25. The zero-order valence-electron chi connectivity index (χ0n) is 13.1. The van der Waals surface area contributed by atoms with Gasteiger partial charge in [-0.2, -0.15) is 0 Å². The lowest BCUT2D eigenvalue weighted by molar-refractivity contribution is 0.0578. The van der Waals surface area contributed by atoms with Crippen molar-refractivity contribution in [1.82, 2.24) is 20.1 Å². The van der Waals surface area contributed by atoms with Crippen molar-refractivity contribution in [3.8, 4) is 0 Å². The Labute approximate surface area is 120 Å². The van der Waals surface area contributed by atoms with Crippen molar-refractivity contribution in [3.05, 3.63) is 11.6 Å². The molecule has 114 valence electrons. The second-order valence-corrected chi connectivity index (χ2v) is 5.16. The van der Waals surface area contributed by atoms with Crippen molar-refractivity contribution < 1.29 is 9.53 Å². The van der Waals surface area contributed by atoms with Crippen LogP contribution in [0.4, 0.5) is 0 Å². The minimum Gasteiger partial charge on any atom is -0.383 e. The number of carbonyl (C=O) groups excluding carboxylic acids is 1. The van der Waals surface area contributed by atoms with Gasteiger partial charge in [-0.15, -0.1) is 5.10 Å². The SMILES string of the molecule is CCC(CC)N(CCOC)C(=O)c1n[nH]c(C(C)C)n1. The fourth-order valence-corrected chi connectivity index (χ4v) is 2.13. The molecule has 0 atom stereocenters. The normalized spacial score (nSPS) is 11.3. The molecule has 1 amide bonds. The first-order valence-corrected chi connectivity index (χ1v) is 7.27. The standard InChI is InChI=1S/C14H26N4O2/c1-6-11(7-2)18(8-9-20-5)14(19)13-15-12(10(3)4)16-17-13/h10-11H,6-9H2,1-5H3,(H,15,16,17). The van der Waals surface area contributed by atoms with Crippen LogP contribution in [0.25, 0.3) is 0 Å². The number of methoxy groups -OCH3 is 1. The monoisotopic (exact) mass is 282 g/mol. The Balaban J connectivity index is 2.90. The molecule has 0 aliphatic rings. The van der Waals surface area contributed by atoms with E-state index in [1.165, 1.54) is 0 Å². The fraction of sp³-hybridized carbons (Fsp3) is 0.786. The molecule has 1 aromatic heterocycles. The maximum Gasteiger partial charge on any atom is 0.293 e. The summed E-state index contributed by atoms with van der Waals surface area (Å²) >= 11 is 0. The summed E-state index contributed by atoms with van der Waals surface area (Å²) in [5, 5.41) is 6.88. The molecule has 0 radical (unpaired) electrons. The van der Waals surface area contributed by atoms with Crippen LogP contribution in [0.3, 0.4) is 0 Å². The van der Waals surface area contributed by atoms with Crippen LogP contribution in [0, 0.1) is 0 Å². The fourth-order valence-electron chi connectivity index (χ4n) is 2.13. The third kappa shape index (κ3) is 4.03. The summed E-state index contributed by atoms with van der Waals surface area (Å²) in [5.41, 5.74) is 0. The van der Waals surface area contributed by atoms with E-state index in [9.17, 15) is 4.79 Å². The lowest BCUT2D eigenvalue weighted by atomic mass is 10.1. The van der Waals surface area contributed by atoms with Crippen molar-refractivity contribution in [1.29, 1.82) is 0 Å². The first-order valence-electron chi connectivity index (χ1n) is 7.27. The molecule has 0 bridgehead atoms. The molecule has 6 heteroatoms. The van der Waals surface area contributed by atoms with E-state index >= 15 is 0 Å². The Morgan fingerprint density at radius 1 is 1.35 bits per heavy atom. The quantitative estimate of drug-likeness (QED) is 0.793. The predicted molar refractivity (Wildman–Crippen MR) is 77.8 cm³/mol. The molecule has 0 aromatic carbocycles. The average molecular weight is 282 g/mol. The largest absolute Gasteiger partial charge is 0.383 e. The molecule has 1 heterocycles. The number of aromatic nitrogens is 3. The molecule has 20 heavy (non-hydrogen) atoms. The van der Waals surface area contributed by atoms with Gasteiger partial charge in [0, 0.05) is 25.6 Å². The van der Waals surface area contributed by atoms with E-state index in [0.717, 1.165) is 18.7 Å². The number of aromatic amines is 1. The van der Waals surface area contributed by atoms with Crippen LogP contribution in [0.1, 0.15) is 62.9 Å². The average Bonchev–Trinajstić information content (AvgIpc) is 2.92. The van der Waals surface area contributed by atoms with Crippen LogP contribution in [0.5, 0.6) is 0 Å². The van der Waals surface area contributed by atoms with Crippen molar-refractivity contribution in [2.75, 3.05) is 20.3 Å². The number of hydrogen-bond donors (Lipinski definition) is 1. The number of H-pyrrole nitrogens is 1. The molecule has 0 saturated carbocycles. The molecule has 0 saturated heterocycles. The minimum atomic E-state index is -0.126. The third-order valence-corrected chi connectivity index (χ3v) is 3.42. The van der Waals surface area contributed by atoms with Gasteiger partial charge in [-0.25, -0.2) is 4.98 Å². The summed E-state index contributed by atoms with van der Waals surface area (Å²) in [5.74, 6) is 1.09. The highest BCUT2D eigenvalue weighted by atomic mass is 16.5. The van der Waals surface area contributed by atoms with Crippen LogP contribution >= 0.6 is 0 Å². The maximum atomic E-state index is 12.6. The van der Waals surface area contributed by atoms with E-state index in [1.807, 2.05) is 18.7 Å². The van der Waals surface area contributed by atoms with Crippen LogP contribution in [0.2, 0.25) is 0 Å². The molecular formula is C14H26N4O2. The van der Waals surface area contributed by atoms with Gasteiger partial charge >= 0.3 is 0 Å². The van der Waals surface area contributed by atoms with Gasteiger partial charge in [-0.05, 0) is 12.8 Å². The number of hydrogen-bond acceptors (Lipinski definition) is 4. The summed E-state index contributed by atoms with van der Waals surface area (Å²) < 4.78 is 5.10. The van der Waals surface area contributed by atoms with Gasteiger partial charge in [0.15, 0.2) is 0 Å². The molecule has 1 N–H and O–H groups in total. The molecule has 0 spiro atoms. The molecule has 1 aromatic rings. The Morgan fingerprint density at radius 3 is 2.45 bits per heavy atom. The van der Waals surface area contributed by atoms with Gasteiger partial charge in [0.1, 0.15) is 5.82 Å².